The maximum atomic E-state index is 12.4. The summed E-state index contributed by atoms with van der Waals surface area (Å²) in [7, 11) is 0. The number of amides is 1. The van der Waals surface area contributed by atoms with E-state index in [4.69, 9.17) is 28.9 Å². The summed E-state index contributed by atoms with van der Waals surface area (Å²) in [5.41, 5.74) is 5.92. The van der Waals surface area contributed by atoms with Crippen LogP contribution in [0.2, 0.25) is 10.0 Å². The first-order valence-electron chi connectivity index (χ1n) is 6.63. The van der Waals surface area contributed by atoms with Gasteiger partial charge in [0.1, 0.15) is 0 Å². The van der Waals surface area contributed by atoms with Crippen LogP contribution in [0.15, 0.2) is 23.1 Å². The molecule has 1 amide bonds. The Kier molecular flexibility index (Phi) is 7.65. The Morgan fingerprint density at radius 3 is 2.86 bits per heavy atom. The molecular formula is C14H19Cl3N2OS. The molecule has 0 aromatic heterocycles. The van der Waals surface area contributed by atoms with E-state index in [2.05, 4.69) is 0 Å². The molecule has 0 radical (unpaired) electrons. The molecule has 3 nitrogen and oxygen atoms in total. The summed E-state index contributed by atoms with van der Waals surface area (Å²) in [6.07, 6.45) is 1.97. The molecule has 2 unspecified atom stereocenters. The van der Waals surface area contributed by atoms with Gasteiger partial charge in [0.25, 0.3) is 0 Å². The number of halogens is 3. The molecule has 2 N–H and O–H groups in total. The lowest BCUT2D eigenvalue weighted by molar-refractivity contribution is -0.131. The van der Waals surface area contributed by atoms with Crippen molar-refractivity contribution in [1.29, 1.82) is 0 Å². The normalized spacial score (nSPS) is 19.8. The fraction of sp³-hybridized carbons (Fsp3) is 0.500. The maximum absolute atomic E-state index is 12.4. The lowest BCUT2D eigenvalue weighted by atomic mass is 10.1. The van der Waals surface area contributed by atoms with Crippen LogP contribution >= 0.6 is 47.4 Å². The summed E-state index contributed by atoms with van der Waals surface area (Å²) in [5, 5.41) is 1.04. The second kappa shape index (κ2) is 8.49. The lowest BCUT2D eigenvalue weighted by Gasteiger charge is -2.32. The Balaban J connectivity index is 0.00000220. The minimum atomic E-state index is -0.198. The van der Waals surface area contributed by atoms with Gasteiger partial charge in [-0.05, 0) is 38.0 Å². The van der Waals surface area contributed by atoms with E-state index < -0.39 is 0 Å². The van der Waals surface area contributed by atoms with E-state index in [-0.39, 0.29) is 29.6 Å². The number of nitrogens with zero attached hydrogens (tertiary/aromatic N) is 1. The molecule has 0 spiro atoms. The van der Waals surface area contributed by atoms with Crippen LogP contribution in [-0.2, 0) is 4.79 Å². The maximum Gasteiger partial charge on any atom is 0.235 e. The second-order valence-electron chi connectivity index (χ2n) is 5.02. The lowest BCUT2D eigenvalue weighted by Crippen LogP contribution is -2.48. The van der Waals surface area contributed by atoms with E-state index >= 15 is 0 Å². The van der Waals surface area contributed by atoms with Gasteiger partial charge in [-0.25, -0.2) is 0 Å². The van der Waals surface area contributed by atoms with Gasteiger partial charge >= 0.3 is 0 Å². The molecule has 118 valence electrons. The van der Waals surface area contributed by atoms with Crippen molar-refractivity contribution in [2.75, 3.05) is 13.1 Å². The predicted octanol–water partition coefficient (Wildman–Crippen LogP) is 3.85. The van der Waals surface area contributed by atoms with Gasteiger partial charge in [0.15, 0.2) is 0 Å². The van der Waals surface area contributed by atoms with Crippen LogP contribution < -0.4 is 5.73 Å². The number of likely N-dealkylation sites (tertiary alicyclic amines) is 1. The fourth-order valence-corrected chi connectivity index (χ4v) is 3.77. The number of carbonyl (C=O) groups excluding carboxylic acids is 1. The largest absolute Gasteiger partial charge is 0.340 e. The van der Waals surface area contributed by atoms with Crippen molar-refractivity contribution < 1.29 is 4.79 Å². The van der Waals surface area contributed by atoms with Crippen LogP contribution in [0.3, 0.4) is 0 Å². The minimum Gasteiger partial charge on any atom is -0.340 e. The topological polar surface area (TPSA) is 46.3 Å². The standard InChI is InChI=1S/C14H18Cl2N2OS.ClH/c1-9(14(19)18-6-2-3-11(17)8-18)20-13-7-10(15)4-5-12(13)16;/h4-5,7,9,11H,2-3,6,8,17H2,1H3;1H. The molecule has 1 heterocycles. The number of carbonyl (C=O) groups is 1. The van der Waals surface area contributed by atoms with Crippen molar-refractivity contribution in [2.24, 2.45) is 5.73 Å². The summed E-state index contributed by atoms with van der Waals surface area (Å²) in [6.45, 7) is 3.33. The highest BCUT2D eigenvalue weighted by atomic mass is 35.5. The van der Waals surface area contributed by atoms with Crippen LogP contribution in [0.25, 0.3) is 0 Å². The molecule has 0 bridgehead atoms. The molecular weight excluding hydrogens is 351 g/mol. The molecule has 1 saturated heterocycles. The molecule has 2 atom stereocenters. The summed E-state index contributed by atoms with van der Waals surface area (Å²) in [6, 6.07) is 5.38. The van der Waals surface area contributed by atoms with Gasteiger partial charge in [-0.2, -0.15) is 0 Å². The van der Waals surface area contributed by atoms with E-state index in [0.717, 1.165) is 24.3 Å². The van der Waals surface area contributed by atoms with Crippen molar-refractivity contribution in [1.82, 2.24) is 4.90 Å². The van der Waals surface area contributed by atoms with Crippen molar-refractivity contribution in [3.63, 3.8) is 0 Å². The molecule has 1 aromatic carbocycles. The number of rotatable bonds is 3. The molecule has 1 fully saturated rings. The third-order valence-electron chi connectivity index (χ3n) is 3.31. The van der Waals surface area contributed by atoms with Gasteiger partial charge in [0, 0.05) is 29.0 Å². The zero-order chi connectivity index (χ0) is 14.7. The van der Waals surface area contributed by atoms with E-state index in [0.29, 0.717) is 16.6 Å². The van der Waals surface area contributed by atoms with E-state index in [9.17, 15) is 4.79 Å². The summed E-state index contributed by atoms with van der Waals surface area (Å²) < 4.78 is 0. The van der Waals surface area contributed by atoms with E-state index in [1.54, 1.807) is 18.2 Å². The molecule has 1 aliphatic rings. The van der Waals surface area contributed by atoms with Gasteiger partial charge in [-0.1, -0.05) is 23.2 Å². The molecule has 0 aliphatic carbocycles. The van der Waals surface area contributed by atoms with Crippen molar-refractivity contribution in [2.45, 2.75) is 36.0 Å². The highest BCUT2D eigenvalue weighted by Gasteiger charge is 2.26. The first-order chi connectivity index (χ1) is 9.47. The summed E-state index contributed by atoms with van der Waals surface area (Å²) in [5.74, 6) is 0.112. The smallest absolute Gasteiger partial charge is 0.235 e. The van der Waals surface area contributed by atoms with Crippen molar-refractivity contribution in [3.05, 3.63) is 28.2 Å². The van der Waals surface area contributed by atoms with Crippen LogP contribution in [0.4, 0.5) is 0 Å². The molecule has 2 rings (SSSR count). The highest BCUT2D eigenvalue weighted by molar-refractivity contribution is 8.00. The number of nitrogens with two attached hydrogens (primary N) is 1. The molecule has 1 aliphatic heterocycles. The zero-order valence-corrected chi connectivity index (χ0v) is 14.9. The number of thioether (sulfide) groups is 1. The Hall–Kier alpha value is -0.130. The van der Waals surface area contributed by atoms with Crippen LogP contribution in [0, 0.1) is 0 Å². The van der Waals surface area contributed by atoms with Gasteiger partial charge in [-0.3, -0.25) is 4.79 Å². The van der Waals surface area contributed by atoms with E-state index in [1.807, 2.05) is 11.8 Å². The third-order valence-corrected chi connectivity index (χ3v) is 5.14. The Labute approximate surface area is 145 Å². The molecule has 0 saturated carbocycles. The first kappa shape index (κ1) is 18.9. The average molecular weight is 370 g/mol. The summed E-state index contributed by atoms with van der Waals surface area (Å²) in [4.78, 5) is 15.1. The van der Waals surface area contributed by atoms with Crippen molar-refractivity contribution in [3.8, 4) is 0 Å². The SMILES string of the molecule is CC(Sc1cc(Cl)ccc1Cl)C(=O)N1CCCC(N)C1.Cl. The third kappa shape index (κ3) is 5.22. The highest BCUT2D eigenvalue weighted by Crippen LogP contribution is 2.33. The van der Waals surface area contributed by atoms with Crippen LogP contribution in [-0.4, -0.2) is 35.2 Å². The average Bonchev–Trinajstić information content (AvgIpc) is 2.42. The molecule has 7 heteroatoms. The van der Waals surface area contributed by atoms with E-state index in [1.165, 1.54) is 11.8 Å². The first-order valence-corrected chi connectivity index (χ1v) is 8.27. The van der Waals surface area contributed by atoms with Gasteiger partial charge in [0.2, 0.25) is 5.91 Å². The summed E-state index contributed by atoms with van der Waals surface area (Å²) >= 11 is 13.5. The minimum absolute atomic E-state index is 0. The Bertz CT molecular complexity index is 501. The number of hydrogen-bond acceptors (Lipinski definition) is 3. The fourth-order valence-electron chi connectivity index (χ4n) is 2.28. The number of benzene rings is 1. The van der Waals surface area contributed by atoms with Crippen LogP contribution in [0.1, 0.15) is 19.8 Å². The zero-order valence-electron chi connectivity index (χ0n) is 11.7. The Morgan fingerprint density at radius 2 is 2.19 bits per heavy atom. The molecule has 21 heavy (non-hydrogen) atoms. The number of hydrogen-bond donors (Lipinski definition) is 1. The van der Waals surface area contributed by atoms with Gasteiger partial charge in [0.05, 0.1) is 10.3 Å². The number of piperidine rings is 1. The quantitative estimate of drug-likeness (QED) is 0.823. The predicted molar refractivity (Wildman–Crippen MR) is 92.8 cm³/mol. The van der Waals surface area contributed by atoms with Gasteiger partial charge < -0.3 is 10.6 Å². The second-order valence-corrected chi connectivity index (χ2v) is 7.25. The molecule has 1 aromatic rings. The van der Waals surface area contributed by atoms with Crippen molar-refractivity contribution >= 4 is 53.3 Å². The van der Waals surface area contributed by atoms with Gasteiger partial charge in [-0.15, -0.1) is 24.2 Å². The Morgan fingerprint density at radius 1 is 1.48 bits per heavy atom. The van der Waals surface area contributed by atoms with Crippen LogP contribution in [0.5, 0.6) is 0 Å². The monoisotopic (exact) mass is 368 g/mol.